The number of oxazole rings is 1. The van der Waals surface area contributed by atoms with E-state index in [9.17, 15) is 0 Å². The zero-order valence-corrected chi connectivity index (χ0v) is 10.8. The second-order valence-electron chi connectivity index (χ2n) is 3.95. The zero-order chi connectivity index (χ0) is 12.4. The zero-order valence-electron chi connectivity index (χ0n) is 9.97. The molecule has 0 aliphatic carbocycles. The molecular weight excluding hydrogens is 236 g/mol. The molecule has 0 unspecified atom stereocenters. The van der Waals surface area contributed by atoms with E-state index in [1.54, 1.807) is 6.20 Å². The lowest BCUT2D eigenvalue weighted by atomic mass is 10.2. The maximum atomic E-state index is 5.87. The molecule has 0 radical (unpaired) electrons. The van der Waals surface area contributed by atoms with Crippen molar-refractivity contribution in [3.05, 3.63) is 23.8 Å². The first-order chi connectivity index (χ1) is 8.08. The Morgan fingerprint density at radius 3 is 2.71 bits per heavy atom. The molecule has 2 rings (SSSR count). The van der Waals surface area contributed by atoms with E-state index in [2.05, 4.69) is 15.0 Å². The maximum absolute atomic E-state index is 5.87. The van der Waals surface area contributed by atoms with Gasteiger partial charge in [-0.05, 0) is 18.7 Å². The first-order valence-electron chi connectivity index (χ1n) is 5.29. The van der Waals surface area contributed by atoms with Gasteiger partial charge in [-0.1, -0.05) is 13.8 Å². The third kappa shape index (κ3) is 2.58. The molecule has 2 aromatic rings. The Balaban J connectivity index is 2.38. The molecule has 0 amide bonds. The van der Waals surface area contributed by atoms with Crippen molar-refractivity contribution in [3.8, 4) is 0 Å². The average Bonchev–Trinajstić information content (AvgIpc) is 2.77. The van der Waals surface area contributed by atoms with Crippen molar-refractivity contribution in [1.29, 1.82) is 0 Å². The van der Waals surface area contributed by atoms with Crippen LogP contribution in [0.3, 0.4) is 0 Å². The summed E-state index contributed by atoms with van der Waals surface area (Å²) in [6.45, 7) is 5.96. The third-order valence-corrected chi connectivity index (χ3v) is 3.23. The number of aromatic nitrogens is 3. The van der Waals surface area contributed by atoms with Crippen molar-refractivity contribution in [2.75, 3.05) is 5.73 Å². The molecule has 2 N–H and O–H groups in total. The summed E-state index contributed by atoms with van der Waals surface area (Å²) in [5.74, 6) is 1.49. The van der Waals surface area contributed by atoms with Gasteiger partial charge in [0, 0.05) is 11.5 Å². The van der Waals surface area contributed by atoms with Gasteiger partial charge in [0.25, 0.3) is 5.22 Å². The largest absolute Gasteiger partial charge is 0.440 e. The Labute approximate surface area is 104 Å². The normalized spacial score (nSPS) is 11.1. The monoisotopic (exact) mass is 250 g/mol. The van der Waals surface area contributed by atoms with Gasteiger partial charge in [-0.15, -0.1) is 0 Å². The van der Waals surface area contributed by atoms with E-state index in [-0.39, 0.29) is 5.92 Å². The molecule has 2 aromatic heterocycles. The highest BCUT2D eigenvalue weighted by molar-refractivity contribution is 7.99. The van der Waals surface area contributed by atoms with Crippen molar-refractivity contribution >= 4 is 17.6 Å². The molecule has 0 bridgehead atoms. The van der Waals surface area contributed by atoms with Crippen molar-refractivity contribution in [2.45, 2.75) is 36.9 Å². The van der Waals surface area contributed by atoms with Gasteiger partial charge >= 0.3 is 0 Å². The fraction of sp³-hybridized carbons (Fsp3) is 0.364. The molecule has 0 aliphatic rings. The smallest absolute Gasteiger partial charge is 0.261 e. The highest BCUT2D eigenvalue weighted by atomic mass is 32.2. The quantitative estimate of drug-likeness (QED) is 0.844. The predicted molar refractivity (Wildman–Crippen MR) is 65.9 cm³/mol. The fourth-order valence-electron chi connectivity index (χ4n) is 1.23. The molecule has 17 heavy (non-hydrogen) atoms. The van der Waals surface area contributed by atoms with E-state index in [0.29, 0.717) is 11.0 Å². The lowest BCUT2D eigenvalue weighted by Crippen LogP contribution is -2.05. The summed E-state index contributed by atoms with van der Waals surface area (Å²) in [4.78, 5) is 12.8. The molecule has 0 aliphatic heterocycles. The maximum Gasteiger partial charge on any atom is 0.261 e. The number of hydrogen-bond acceptors (Lipinski definition) is 6. The molecule has 0 fully saturated rings. The second-order valence-corrected chi connectivity index (χ2v) is 4.89. The topological polar surface area (TPSA) is 77.8 Å². The van der Waals surface area contributed by atoms with Crippen LogP contribution in [0, 0.1) is 6.92 Å². The van der Waals surface area contributed by atoms with E-state index in [4.69, 9.17) is 10.2 Å². The van der Waals surface area contributed by atoms with Crippen molar-refractivity contribution in [2.24, 2.45) is 0 Å². The molecule has 0 saturated heterocycles. The van der Waals surface area contributed by atoms with E-state index in [1.807, 2.05) is 20.8 Å². The summed E-state index contributed by atoms with van der Waals surface area (Å²) in [5, 5.41) is 1.35. The standard InChI is InChI=1S/C11H14N4OS/c1-6(2)9-14-8(12)7(3)10(15-9)17-11-13-4-5-16-11/h4-6H,1-3H3,(H2,12,14,15). The minimum absolute atomic E-state index is 0.238. The summed E-state index contributed by atoms with van der Waals surface area (Å²) in [6.07, 6.45) is 3.14. The number of rotatable bonds is 3. The van der Waals surface area contributed by atoms with E-state index < -0.39 is 0 Å². The highest BCUT2D eigenvalue weighted by Gasteiger charge is 2.13. The van der Waals surface area contributed by atoms with Crippen LogP contribution in [0.2, 0.25) is 0 Å². The first-order valence-corrected chi connectivity index (χ1v) is 6.11. The van der Waals surface area contributed by atoms with Crippen LogP contribution in [0.25, 0.3) is 0 Å². The van der Waals surface area contributed by atoms with Gasteiger partial charge in [0.1, 0.15) is 22.9 Å². The van der Waals surface area contributed by atoms with Crippen LogP contribution in [0.1, 0.15) is 31.2 Å². The number of nitrogens with zero attached hydrogens (tertiary/aromatic N) is 3. The van der Waals surface area contributed by atoms with Crippen LogP contribution >= 0.6 is 11.8 Å². The third-order valence-electron chi connectivity index (χ3n) is 2.27. The highest BCUT2D eigenvalue weighted by Crippen LogP contribution is 2.30. The average molecular weight is 250 g/mol. The Bertz CT molecular complexity index is 510. The first kappa shape index (κ1) is 11.9. The number of anilines is 1. The van der Waals surface area contributed by atoms with Gasteiger partial charge in [-0.3, -0.25) is 0 Å². The lowest BCUT2D eigenvalue weighted by Gasteiger charge is -2.09. The molecule has 0 spiro atoms. The van der Waals surface area contributed by atoms with Crippen molar-refractivity contribution in [3.63, 3.8) is 0 Å². The Hall–Kier alpha value is -1.56. The Morgan fingerprint density at radius 2 is 2.12 bits per heavy atom. The fourth-order valence-corrected chi connectivity index (χ4v) is 2.01. The van der Waals surface area contributed by atoms with Crippen LogP contribution in [-0.2, 0) is 0 Å². The summed E-state index contributed by atoms with van der Waals surface area (Å²) < 4.78 is 5.18. The van der Waals surface area contributed by atoms with Crippen LogP contribution in [0.15, 0.2) is 27.1 Å². The molecule has 90 valence electrons. The number of hydrogen-bond donors (Lipinski definition) is 1. The Morgan fingerprint density at radius 1 is 1.35 bits per heavy atom. The summed E-state index contributed by atoms with van der Waals surface area (Å²) in [5.41, 5.74) is 6.73. The van der Waals surface area contributed by atoms with E-state index >= 15 is 0 Å². The van der Waals surface area contributed by atoms with Crippen molar-refractivity contribution < 1.29 is 4.42 Å². The number of nitrogens with two attached hydrogens (primary N) is 1. The Kier molecular flexibility index (Phi) is 3.33. The van der Waals surface area contributed by atoms with Crippen LogP contribution < -0.4 is 5.73 Å². The van der Waals surface area contributed by atoms with Gasteiger partial charge in [-0.25, -0.2) is 15.0 Å². The second kappa shape index (κ2) is 4.75. The molecular formula is C11H14N4OS. The van der Waals surface area contributed by atoms with E-state index in [0.717, 1.165) is 16.4 Å². The predicted octanol–water partition coefficient (Wildman–Crippen LogP) is 2.63. The molecule has 5 nitrogen and oxygen atoms in total. The van der Waals surface area contributed by atoms with Gasteiger partial charge in [0.15, 0.2) is 0 Å². The van der Waals surface area contributed by atoms with Crippen LogP contribution in [0.4, 0.5) is 5.82 Å². The SMILES string of the molecule is Cc1c(N)nc(C(C)C)nc1Sc1ncco1. The summed E-state index contributed by atoms with van der Waals surface area (Å²) in [7, 11) is 0. The van der Waals surface area contributed by atoms with Crippen LogP contribution in [-0.4, -0.2) is 15.0 Å². The minimum atomic E-state index is 0.238. The van der Waals surface area contributed by atoms with Gasteiger partial charge in [0.05, 0.1) is 6.20 Å². The van der Waals surface area contributed by atoms with Gasteiger partial charge < -0.3 is 10.2 Å². The van der Waals surface area contributed by atoms with Gasteiger partial charge in [0.2, 0.25) is 0 Å². The number of nitrogen functional groups attached to an aromatic ring is 1. The summed E-state index contributed by atoms with van der Waals surface area (Å²) in [6, 6.07) is 0. The minimum Gasteiger partial charge on any atom is -0.440 e. The lowest BCUT2D eigenvalue weighted by molar-refractivity contribution is 0.453. The molecule has 0 aromatic carbocycles. The molecule has 6 heteroatoms. The van der Waals surface area contributed by atoms with Gasteiger partial charge in [-0.2, -0.15) is 0 Å². The summed E-state index contributed by atoms with van der Waals surface area (Å²) >= 11 is 1.36. The van der Waals surface area contributed by atoms with Crippen molar-refractivity contribution in [1.82, 2.24) is 15.0 Å². The molecule has 0 atom stereocenters. The van der Waals surface area contributed by atoms with Crippen LogP contribution in [0.5, 0.6) is 0 Å². The molecule has 2 heterocycles. The molecule has 0 saturated carbocycles. The van der Waals surface area contributed by atoms with E-state index in [1.165, 1.54) is 18.0 Å².